The second-order valence-electron chi connectivity index (χ2n) is 3.92. The minimum atomic E-state index is -0.367. The van der Waals surface area contributed by atoms with Crippen molar-refractivity contribution >= 4 is 11.9 Å². The molecule has 0 spiro atoms. The second kappa shape index (κ2) is 4.87. The smallest absolute Gasteiger partial charge is 0.308 e. The van der Waals surface area contributed by atoms with Crippen molar-refractivity contribution in [2.75, 3.05) is 0 Å². The maximum absolute atomic E-state index is 11.2. The van der Waals surface area contributed by atoms with E-state index in [0.717, 1.165) is 11.1 Å². The van der Waals surface area contributed by atoms with Gasteiger partial charge in [0.05, 0.1) is 0 Å². The molecular weight excluding hydrogens is 230 g/mol. The van der Waals surface area contributed by atoms with E-state index in [0.29, 0.717) is 5.75 Å². The first kappa shape index (κ1) is 12.1. The molecule has 0 N–H and O–H groups in total. The molecule has 4 nitrogen and oxygen atoms in total. The largest absolute Gasteiger partial charge is 0.426 e. The SMILES string of the molecule is CC(=O)Oc1ccccc1-c1ccn(C(C)=O)c1. The summed E-state index contributed by atoms with van der Waals surface area (Å²) in [6, 6.07) is 9.03. The molecule has 0 aliphatic carbocycles. The molecular formula is C14H13NO3. The third-order valence-electron chi connectivity index (χ3n) is 2.51. The number of esters is 1. The van der Waals surface area contributed by atoms with Gasteiger partial charge in [0.1, 0.15) is 5.75 Å². The van der Waals surface area contributed by atoms with Crippen LogP contribution in [0.15, 0.2) is 42.7 Å². The van der Waals surface area contributed by atoms with Crippen LogP contribution in [0.4, 0.5) is 0 Å². The van der Waals surface area contributed by atoms with Crippen molar-refractivity contribution in [3.05, 3.63) is 42.7 Å². The fraction of sp³-hybridized carbons (Fsp3) is 0.143. The van der Waals surface area contributed by atoms with Crippen LogP contribution < -0.4 is 4.74 Å². The molecule has 92 valence electrons. The van der Waals surface area contributed by atoms with Crippen LogP contribution in [0.25, 0.3) is 11.1 Å². The third kappa shape index (κ3) is 2.48. The van der Waals surface area contributed by atoms with Crippen molar-refractivity contribution in [2.45, 2.75) is 13.8 Å². The van der Waals surface area contributed by atoms with Gasteiger partial charge in [0.15, 0.2) is 0 Å². The number of ether oxygens (including phenoxy) is 1. The van der Waals surface area contributed by atoms with Gasteiger partial charge >= 0.3 is 5.97 Å². The molecule has 1 aromatic carbocycles. The van der Waals surface area contributed by atoms with E-state index in [2.05, 4.69) is 0 Å². The highest BCUT2D eigenvalue weighted by molar-refractivity contribution is 5.80. The van der Waals surface area contributed by atoms with Crippen molar-refractivity contribution in [1.82, 2.24) is 4.57 Å². The minimum Gasteiger partial charge on any atom is -0.426 e. The van der Waals surface area contributed by atoms with Gasteiger partial charge in [-0.1, -0.05) is 18.2 Å². The maximum Gasteiger partial charge on any atom is 0.308 e. The Morgan fingerprint density at radius 3 is 2.44 bits per heavy atom. The monoisotopic (exact) mass is 243 g/mol. The molecule has 2 rings (SSSR count). The first-order chi connectivity index (χ1) is 8.58. The lowest BCUT2D eigenvalue weighted by molar-refractivity contribution is -0.131. The standard InChI is InChI=1S/C14H13NO3/c1-10(16)15-8-7-12(9-15)13-5-3-4-6-14(13)18-11(2)17/h3-9H,1-2H3. The summed E-state index contributed by atoms with van der Waals surface area (Å²) in [5.74, 6) is 0.0611. The molecule has 0 radical (unpaired) electrons. The van der Waals surface area contributed by atoms with E-state index in [-0.39, 0.29) is 11.9 Å². The predicted octanol–water partition coefficient (Wildman–Crippen LogP) is 2.74. The number of hydrogen-bond acceptors (Lipinski definition) is 3. The summed E-state index contributed by atoms with van der Waals surface area (Å²) in [5, 5.41) is 0. The Morgan fingerprint density at radius 2 is 1.83 bits per heavy atom. The molecule has 0 amide bonds. The van der Waals surface area contributed by atoms with Crippen LogP contribution in [0.1, 0.15) is 18.6 Å². The summed E-state index contributed by atoms with van der Waals surface area (Å²) in [4.78, 5) is 22.3. The Hall–Kier alpha value is -2.36. The number of carbonyl (C=O) groups excluding carboxylic acids is 2. The Labute approximate surface area is 105 Å². The summed E-state index contributed by atoms with van der Waals surface area (Å²) >= 11 is 0. The summed E-state index contributed by atoms with van der Waals surface area (Å²) in [7, 11) is 0. The van der Waals surface area contributed by atoms with Crippen LogP contribution >= 0.6 is 0 Å². The van der Waals surface area contributed by atoms with Crippen molar-refractivity contribution in [2.24, 2.45) is 0 Å². The number of rotatable bonds is 2. The molecule has 18 heavy (non-hydrogen) atoms. The van der Waals surface area contributed by atoms with Crippen molar-refractivity contribution in [3.8, 4) is 16.9 Å². The number of para-hydroxylation sites is 1. The van der Waals surface area contributed by atoms with E-state index in [1.165, 1.54) is 18.4 Å². The molecule has 0 bridgehead atoms. The molecule has 0 aliphatic rings. The fourth-order valence-corrected chi connectivity index (χ4v) is 1.70. The van der Waals surface area contributed by atoms with E-state index in [9.17, 15) is 9.59 Å². The fourth-order valence-electron chi connectivity index (χ4n) is 1.70. The van der Waals surface area contributed by atoms with E-state index in [1.54, 1.807) is 24.5 Å². The average molecular weight is 243 g/mol. The summed E-state index contributed by atoms with van der Waals surface area (Å²) in [6.45, 7) is 2.85. The van der Waals surface area contributed by atoms with E-state index in [1.807, 2.05) is 18.2 Å². The van der Waals surface area contributed by atoms with Gasteiger partial charge in [-0.2, -0.15) is 0 Å². The zero-order valence-corrected chi connectivity index (χ0v) is 10.2. The summed E-state index contributed by atoms with van der Waals surface area (Å²) in [5.41, 5.74) is 1.62. The molecule has 0 aliphatic heterocycles. The second-order valence-corrected chi connectivity index (χ2v) is 3.92. The number of benzene rings is 1. The zero-order chi connectivity index (χ0) is 13.1. The number of carbonyl (C=O) groups is 2. The molecule has 2 aromatic rings. The zero-order valence-electron chi connectivity index (χ0n) is 10.2. The Kier molecular flexibility index (Phi) is 3.28. The molecule has 0 unspecified atom stereocenters. The van der Waals surface area contributed by atoms with Crippen LogP contribution in [-0.4, -0.2) is 16.4 Å². The van der Waals surface area contributed by atoms with Gasteiger partial charge in [-0.15, -0.1) is 0 Å². The molecule has 1 aromatic heterocycles. The van der Waals surface area contributed by atoms with E-state index in [4.69, 9.17) is 4.74 Å². The van der Waals surface area contributed by atoms with Crippen LogP contribution in [0, 0.1) is 0 Å². The lowest BCUT2D eigenvalue weighted by Gasteiger charge is -2.06. The summed E-state index contributed by atoms with van der Waals surface area (Å²) in [6.07, 6.45) is 3.40. The Morgan fingerprint density at radius 1 is 1.11 bits per heavy atom. The summed E-state index contributed by atoms with van der Waals surface area (Å²) < 4.78 is 6.62. The van der Waals surface area contributed by atoms with Crippen LogP contribution in [0.5, 0.6) is 5.75 Å². The van der Waals surface area contributed by atoms with Gasteiger partial charge in [0, 0.05) is 37.4 Å². The van der Waals surface area contributed by atoms with E-state index >= 15 is 0 Å². The average Bonchev–Trinajstić information content (AvgIpc) is 2.78. The van der Waals surface area contributed by atoms with Gasteiger partial charge in [-0.05, 0) is 12.1 Å². The highest BCUT2D eigenvalue weighted by Gasteiger charge is 2.09. The molecule has 0 saturated heterocycles. The number of aromatic nitrogens is 1. The predicted molar refractivity (Wildman–Crippen MR) is 67.5 cm³/mol. The minimum absolute atomic E-state index is 0.0637. The highest BCUT2D eigenvalue weighted by Crippen LogP contribution is 2.30. The third-order valence-corrected chi connectivity index (χ3v) is 2.51. The molecule has 4 heteroatoms. The first-order valence-electron chi connectivity index (χ1n) is 5.54. The van der Waals surface area contributed by atoms with Gasteiger partial charge in [-0.3, -0.25) is 14.2 Å². The molecule has 0 atom stereocenters. The van der Waals surface area contributed by atoms with Crippen LogP contribution in [0.3, 0.4) is 0 Å². The van der Waals surface area contributed by atoms with Crippen LogP contribution in [0.2, 0.25) is 0 Å². The van der Waals surface area contributed by atoms with Crippen LogP contribution in [-0.2, 0) is 4.79 Å². The molecule has 0 saturated carbocycles. The normalized spacial score (nSPS) is 10.1. The van der Waals surface area contributed by atoms with Crippen molar-refractivity contribution in [1.29, 1.82) is 0 Å². The van der Waals surface area contributed by atoms with Crippen molar-refractivity contribution in [3.63, 3.8) is 0 Å². The number of hydrogen-bond donors (Lipinski definition) is 0. The van der Waals surface area contributed by atoms with Gasteiger partial charge in [0.25, 0.3) is 0 Å². The van der Waals surface area contributed by atoms with E-state index < -0.39 is 0 Å². The van der Waals surface area contributed by atoms with Crippen molar-refractivity contribution < 1.29 is 14.3 Å². The Balaban J connectivity index is 2.42. The lowest BCUT2D eigenvalue weighted by Crippen LogP contribution is -2.02. The first-order valence-corrected chi connectivity index (χ1v) is 5.54. The van der Waals surface area contributed by atoms with Gasteiger partial charge in [-0.25, -0.2) is 0 Å². The Bertz CT molecular complexity index is 599. The van der Waals surface area contributed by atoms with Gasteiger partial charge in [0.2, 0.25) is 5.91 Å². The van der Waals surface area contributed by atoms with Gasteiger partial charge < -0.3 is 4.74 Å². The topological polar surface area (TPSA) is 48.3 Å². The molecule has 1 heterocycles. The maximum atomic E-state index is 11.2. The lowest BCUT2D eigenvalue weighted by atomic mass is 10.1. The quantitative estimate of drug-likeness (QED) is 0.602. The number of nitrogens with zero attached hydrogens (tertiary/aromatic N) is 1. The highest BCUT2D eigenvalue weighted by atomic mass is 16.5. The molecule has 0 fully saturated rings.